The Morgan fingerprint density at radius 2 is 1.80 bits per heavy atom. The van der Waals surface area contributed by atoms with Crippen molar-refractivity contribution in [1.29, 1.82) is 0 Å². The van der Waals surface area contributed by atoms with Gasteiger partial charge in [-0.15, -0.1) is 0 Å². The van der Waals surface area contributed by atoms with Crippen molar-refractivity contribution < 1.29 is 24.9 Å². The van der Waals surface area contributed by atoms with Crippen LogP contribution < -0.4 is 11.5 Å². The molecule has 0 spiro atoms. The van der Waals surface area contributed by atoms with Gasteiger partial charge in [0.25, 0.3) is 0 Å². The van der Waals surface area contributed by atoms with Crippen LogP contribution in [0.25, 0.3) is 0 Å². The first-order valence-electron chi connectivity index (χ1n) is 5.59. The van der Waals surface area contributed by atoms with Crippen LogP contribution in [-0.4, -0.2) is 33.2 Å². The molecule has 0 aromatic heterocycles. The van der Waals surface area contributed by atoms with Crippen LogP contribution in [0.1, 0.15) is 12.5 Å². The third-order valence-electron chi connectivity index (χ3n) is 2.23. The number of benzene rings is 1. The van der Waals surface area contributed by atoms with Crippen molar-refractivity contribution in [2.45, 2.75) is 19.4 Å². The Balaban J connectivity index is 0.000000511. The monoisotopic (exact) mass is 282 g/mol. The molecule has 0 radical (unpaired) electrons. The number of carbonyl (C=O) groups excluding carboxylic acids is 1. The third kappa shape index (κ3) is 6.41. The number of phenols is 2. The molecule has 1 atom stereocenters. The number of carbonyl (C=O) groups is 2. The van der Waals surface area contributed by atoms with Gasteiger partial charge in [-0.3, -0.25) is 9.59 Å². The standard InChI is InChI=1S/C9H11NO4.C4H7NO/c10-6(9(13)14)3-5-1-2-7(11)8(12)4-5;1-3(2)4(5)6/h1-2,4,6,11-12H,3,10H2,(H,13,14);1H2,2H3,(H2,5,6). The van der Waals surface area contributed by atoms with Gasteiger partial charge < -0.3 is 26.8 Å². The zero-order chi connectivity index (χ0) is 15.9. The zero-order valence-corrected chi connectivity index (χ0v) is 11.0. The molecule has 0 heterocycles. The molecule has 0 saturated heterocycles. The van der Waals surface area contributed by atoms with Gasteiger partial charge >= 0.3 is 5.97 Å². The molecule has 110 valence electrons. The number of rotatable bonds is 4. The molecule has 0 aliphatic heterocycles. The number of primary amides is 1. The lowest BCUT2D eigenvalue weighted by Gasteiger charge is -2.06. The Bertz CT molecular complexity index is 501. The van der Waals surface area contributed by atoms with Crippen molar-refractivity contribution in [1.82, 2.24) is 0 Å². The highest BCUT2D eigenvalue weighted by Gasteiger charge is 2.12. The maximum atomic E-state index is 10.4. The maximum Gasteiger partial charge on any atom is 0.320 e. The average Bonchev–Trinajstić information content (AvgIpc) is 2.34. The Morgan fingerprint density at radius 1 is 1.30 bits per heavy atom. The van der Waals surface area contributed by atoms with E-state index in [4.69, 9.17) is 26.8 Å². The van der Waals surface area contributed by atoms with E-state index in [2.05, 4.69) is 6.58 Å². The van der Waals surface area contributed by atoms with Crippen molar-refractivity contribution >= 4 is 11.9 Å². The summed E-state index contributed by atoms with van der Waals surface area (Å²) in [4.78, 5) is 20.2. The highest BCUT2D eigenvalue weighted by molar-refractivity contribution is 5.90. The van der Waals surface area contributed by atoms with Gasteiger partial charge in [0.1, 0.15) is 6.04 Å². The fourth-order valence-electron chi connectivity index (χ4n) is 1.04. The second-order valence-electron chi connectivity index (χ2n) is 4.12. The van der Waals surface area contributed by atoms with E-state index in [1.54, 1.807) is 6.92 Å². The summed E-state index contributed by atoms with van der Waals surface area (Å²) in [6.07, 6.45) is 0.114. The van der Waals surface area contributed by atoms with Crippen LogP contribution in [0, 0.1) is 0 Å². The number of nitrogens with two attached hydrogens (primary N) is 2. The van der Waals surface area contributed by atoms with E-state index in [1.165, 1.54) is 18.2 Å². The third-order valence-corrected chi connectivity index (χ3v) is 2.23. The molecule has 7 nitrogen and oxygen atoms in total. The lowest BCUT2D eigenvalue weighted by molar-refractivity contribution is -0.138. The Morgan fingerprint density at radius 3 is 2.15 bits per heavy atom. The van der Waals surface area contributed by atoms with E-state index in [0.717, 1.165) is 0 Å². The number of hydrogen-bond acceptors (Lipinski definition) is 5. The fourth-order valence-corrected chi connectivity index (χ4v) is 1.04. The first-order valence-corrected chi connectivity index (χ1v) is 5.59. The second-order valence-corrected chi connectivity index (χ2v) is 4.12. The van der Waals surface area contributed by atoms with Gasteiger partial charge in [0.05, 0.1) is 0 Å². The van der Waals surface area contributed by atoms with Gasteiger partial charge in [-0.2, -0.15) is 0 Å². The normalized spacial score (nSPS) is 10.9. The number of aliphatic carboxylic acids is 1. The van der Waals surface area contributed by atoms with Gasteiger partial charge in [0.15, 0.2) is 11.5 Å². The van der Waals surface area contributed by atoms with Gasteiger partial charge in [0, 0.05) is 5.57 Å². The first-order chi connectivity index (χ1) is 9.15. The van der Waals surface area contributed by atoms with Crippen LogP contribution in [-0.2, 0) is 16.0 Å². The summed E-state index contributed by atoms with van der Waals surface area (Å²) < 4.78 is 0. The topological polar surface area (TPSA) is 147 Å². The number of hydrogen-bond donors (Lipinski definition) is 5. The van der Waals surface area contributed by atoms with E-state index in [0.29, 0.717) is 11.1 Å². The van der Waals surface area contributed by atoms with Gasteiger partial charge in [-0.25, -0.2) is 0 Å². The molecule has 1 rings (SSSR count). The second kappa shape index (κ2) is 7.80. The lowest BCUT2D eigenvalue weighted by atomic mass is 10.1. The largest absolute Gasteiger partial charge is 0.504 e. The van der Waals surface area contributed by atoms with Crippen molar-refractivity contribution in [2.24, 2.45) is 11.5 Å². The Kier molecular flexibility index (Phi) is 6.81. The Labute approximate surface area is 116 Å². The number of amides is 1. The lowest BCUT2D eigenvalue weighted by Crippen LogP contribution is -2.32. The summed E-state index contributed by atoms with van der Waals surface area (Å²) in [6, 6.07) is 3.09. The molecule has 1 amide bonds. The predicted octanol–water partition coefficient (Wildman–Crippen LogP) is 0.100. The van der Waals surface area contributed by atoms with E-state index in [1.807, 2.05) is 0 Å². The molecule has 0 aliphatic rings. The smallest absolute Gasteiger partial charge is 0.320 e. The zero-order valence-electron chi connectivity index (χ0n) is 11.0. The quantitative estimate of drug-likeness (QED) is 0.391. The molecule has 1 unspecified atom stereocenters. The van der Waals surface area contributed by atoms with Crippen molar-refractivity contribution in [3.05, 3.63) is 35.9 Å². The number of carboxylic acids is 1. The summed E-state index contributed by atoms with van der Waals surface area (Å²) >= 11 is 0. The highest BCUT2D eigenvalue weighted by Crippen LogP contribution is 2.25. The minimum Gasteiger partial charge on any atom is -0.504 e. The summed E-state index contributed by atoms with van der Waals surface area (Å²) in [6.45, 7) is 4.85. The maximum absolute atomic E-state index is 10.4. The number of aromatic hydroxyl groups is 2. The highest BCUT2D eigenvalue weighted by atomic mass is 16.4. The summed E-state index contributed by atoms with van der Waals surface area (Å²) in [5, 5.41) is 26.6. The summed E-state index contributed by atoms with van der Waals surface area (Å²) in [5.41, 5.74) is 11.0. The molecule has 20 heavy (non-hydrogen) atoms. The van der Waals surface area contributed by atoms with Crippen molar-refractivity contribution in [3.63, 3.8) is 0 Å². The summed E-state index contributed by atoms with van der Waals surface area (Å²) in [7, 11) is 0. The molecule has 0 saturated carbocycles. The molecular formula is C13H18N2O5. The number of carboxylic acid groups (broad SMARTS) is 1. The SMILES string of the molecule is C=C(C)C(N)=O.NC(Cc1ccc(O)c(O)c1)C(=O)O. The van der Waals surface area contributed by atoms with Crippen molar-refractivity contribution in [3.8, 4) is 11.5 Å². The van der Waals surface area contributed by atoms with Gasteiger partial charge in [0.2, 0.25) is 5.91 Å². The van der Waals surface area contributed by atoms with Crippen LogP contribution in [0.4, 0.5) is 0 Å². The molecular weight excluding hydrogens is 264 g/mol. The van der Waals surface area contributed by atoms with Crippen molar-refractivity contribution in [2.75, 3.05) is 0 Å². The number of phenolic OH excluding ortho intramolecular Hbond substituents is 2. The van der Waals surface area contributed by atoms with Crippen LogP contribution in [0.5, 0.6) is 11.5 Å². The van der Waals surface area contributed by atoms with Gasteiger partial charge in [-0.1, -0.05) is 12.6 Å². The van der Waals surface area contributed by atoms with Crippen LogP contribution in [0.2, 0.25) is 0 Å². The molecule has 1 aromatic carbocycles. The predicted molar refractivity (Wildman–Crippen MR) is 73.1 cm³/mol. The average molecular weight is 282 g/mol. The Hall–Kier alpha value is -2.54. The fraction of sp³-hybridized carbons (Fsp3) is 0.231. The first kappa shape index (κ1) is 17.5. The van der Waals surface area contributed by atoms with E-state index >= 15 is 0 Å². The minimum absolute atomic E-state index is 0.114. The van der Waals surface area contributed by atoms with E-state index < -0.39 is 17.9 Å². The van der Waals surface area contributed by atoms with E-state index in [9.17, 15) is 9.59 Å². The molecule has 0 aliphatic carbocycles. The molecule has 7 heteroatoms. The van der Waals surface area contributed by atoms with Crippen LogP contribution in [0.15, 0.2) is 30.4 Å². The molecule has 1 aromatic rings. The van der Waals surface area contributed by atoms with Gasteiger partial charge in [-0.05, 0) is 31.0 Å². The molecule has 0 bridgehead atoms. The minimum atomic E-state index is -1.10. The van der Waals surface area contributed by atoms with Crippen LogP contribution >= 0.6 is 0 Å². The molecule has 0 fully saturated rings. The molecule has 7 N–H and O–H groups in total. The van der Waals surface area contributed by atoms with E-state index in [-0.39, 0.29) is 17.9 Å². The van der Waals surface area contributed by atoms with Crippen LogP contribution in [0.3, 0.4) is 0 Å². The summed E-state index contributed by atoms with van der Waals surface area (Å²) in [5.74, 6) is -2.05.